The van der Waals surface area contributed by atoms with Crippen molar-refractivity contribution >= 4 is 11.6 Å². The Bertz CT molecular complexity index is 1080. The lowest BCUT2D eigenvalue weighted by molar-refractivity contribution is -0.115. The number of carbonyl (C=O) groups excluding carboxylic acids is 1. The SMILES string of the molecule is Cc1nn(-c2ccccc2)c(C)c1CC(=O)Nc1ccc(-n2cncn2)cc1. The summed E-state index contributed by atoms with van der Waals surface area (Å²) in [7, 11) is 0. The van der Waals surface area contributed by atoms with Crippen molar-refractivity contribution < 1.29 is 4.79 Å². The topological polar surface area (TPSA) is 77.6 Å². The second-order valence-corrected chi connectivity index (χ2v) is 6.51. The molecule has 7 heteroatoms. The fourth-order valence-electron chi connectivity index (χ4n) is 3.16. The first-order valence-corrected chi connectivity index (χ1v) is 8.97. The summed E-state index contributed by atoms with van der Waals surface area (Å²) in [4.78, 5) is 16.5. The molecule has 0 unspecified atom stereocenters. The normalized spacial score (nSPS) is 10.8. The van der Waals surface area contributed by atoms with E-state index in [1.54, 1.807) is 11.0 Å². The van der Waals surface area contributed by atoms with Crippen LogP contribution < -0.4 is 5.32 Å². The van der Waals surface area contributed by atoms with Crippen molar-refractivity contribution in [3.05, 3.63) is 84.2 Å². The Balaban J connectivity index is 1.48. The molecule has 0 aliphatic carbocycles. The van der Waals surface area contributed by atoms with Crippen LogP contribution in [0, 0.1) is 13.8 Å². The molecular weight excluding hydrogens is 352 g/mol. The van der Waals surface area contributed by atoms with Gasteiger partial charge < -0.3 is 5.32 Å². The highest BCUT2D eigenvalue weighted by molar-refractivity contribution is 5.92. The van der Waals surface area contributed by atoms with Crippen LogP contribution in [0.25, 0.3) is 11.4 Å². The molecule has 140 valence electrons. The lowest BCUT2D eigenvalue weighted by atomic mass is 10.1. The van der Waals surface area contributed by atoms with Gasteiger partial charge in [-0.05, 0) is 50.2 Å². The predicted octanol–water partition coefficient (Wildman–Crippen LogP) is 3.25. The number of anilines is 1. The van der Waals surface area contributed by atoms with Crippen LogP contribution in [0.1, 0.15) is 17.0 Å². The summed E-state index contributed by atoms with van der Waals surface area (Å²) < 4.78 is 3.54. The first kappa shape index (κ1) is 17.7. The number of hydrogen-bond acceptors (Lipinski definition) is 4. The third kappa shape index (κ3) is 3.55. The van der Waals surface area contributed by atoms with Crippen LogP contribution >= 0.6 is 0 Å². The first-order chi connectivity index (χ1) is 13.6. The minimum atomic E-state index is -0.0766. The fourth-order valence-corrected chi connectivity index (χ4v) is 3.16. The van der Waals surface area contributed by atoms with Gasteiger partial charge in [0.15, 0.2) is 0 Å². The second kappa shape index (κ2) is 7.48. The van der Waals surface area contributed by atoms with E-state index in [1.165, 1.54) is 6.33 Å². The number of rotatable bonds is 5. The number of para-hydroxylation sites is 1. The fraction of sp³-hybridized carbons (Fsp3) is 0.143. The Kier molecular flexibility index (Phi) is 4.72. The van der Waals surface area contributed by atoms with Gasteiger partial charge in [-0.25, -0.2) is 14.3 Å². The molecule has 2 heterocycles. The molecule has 0 fully saturated rings. The minimum absolute atomic E-state index is 0.0766. The summed E-state index contributed by atoms with van der Waals surface area (Å²) in [6.45, 7) is 3.92. The van der Waals surface area contributed by atoms with Crippen molar-refractivity contribution in [2.75, 3.05) is 5.32 Å². The van der Waals surface area contributed by atoms with Crippen LogP contribution in [-0.4, -0.2) is 30.5 Å². The highest BCUT2D eigenvalue weighted by Gasteiger charge is 2.16. The molecule has 2 aromatic heterocycles. The standard InChI is InChI=1S/C21H20N6O/c1-15-20(16(2)27(25-15)19-6-4-3-5-7-19)12-21(28)24-17-8-10-18(11-9-17)26-14-22-13-23-26/h3-11,13-14H,12H2,1-2H3,(H,24,28). The van der Waals surface area contributed by atoms with Crippen LogP contribution in [0.2, 0.25) is 0 Å². The number of hydrogen-bond donors (Lipinski definition) is 1. The van der Waals surface area contributed by atoms with E-state index in [-0.39, 0.29) is 12.3 Å². The summed E-state index contributed by atoms with van der Waals surface area (Å²) in [6, 6.07) is 17.4. The number of nitrogens with zero attached hydrogens (tertiary/aromatic N) is 5. The van der Waals surface area contributed by atoms with Crippen molar-refractivity contribution in [2.24, 2.45) is 0 Å². The Morgan fingerprint density at radius 2 is 1.75 bits per heavy atom. The van der Waals surface area contributed by atoms with Gasteiger partial charge in [-0.1, -0.05) is 18.2 Å². The Morgan fingerprint density at radius 3 is 2.43 bits per heavy atom. The lowest BCUT2D eigenvalue weighted by Gasteiger charge is -2.08. The van der Waals surface area contributed by atoms with Crippen molar-refractivity contribution in [1.82, 2.24) is 24.5 Å². The molecule has 2 aromatic carbocycles. The smallest absolute Gasteiger partial charge is 0.228 e. The van der Waals surface area contributed by atoms with E-state index in [1.807, 2.05) is 73.1 Å². The number of nitrogens with one attached hydrogen (secondary N) is 1. The first-order valence-electron chi connectivity index (χ1n) is 8.97. The molecule has 0 spiro atoms. The van der Waals surface area contributed by atoms with Gasteiger partial charge in [0.1, 0.15) is 12.7 Å². The van der Waals surface area contributed by atoms with Gasteiger partial charge >= 0.3 is 0 Å². The molecule has 4 rings (SSSR count). The molecule has 0 saturated carbocycles. The van der Waals surface area contributed by atoms with E-state index in [0.29, 0.717) is 0 Å². The monoisotopic (exact) mass is 372 g/mol. The molecule has 7 nitrogen and oxygen atoms in total. The number of benzene rings is 2. The van der Waals surface area contributed by atoms with E-state index in [2.05, 4.69) is 20.5 Å². The lowest BCUT2D eigenvalue weighted by Crippen LogP contribution is -2.15. The molecule has 0 aliphatic rings. The molecule has 1 N–H and O–H groups in total. The summed E-state index contributed by atoms with van der Waals surface area (Å²) in [5.41, 5.74) is 5.38. The quantitative estimate of drug-likeness (QED) is 0.583. The van der Waals surface area contributed by atoms with Gasteiger partial charge in [-0.2, -0.15) is 10.2 Å². The molecule has 0 saturated heterocycles. The molecule has 4 aromatic rings. The van der Waals surface area contributed by atoms with Crippen molar-refractivity contribution in [3.63, 3.8) is 0 Å². The third-order valence-electron chi connectivity index (χ3n) is 4.61. The maximum absolute atomic E-state index is 12.6. The summed E-state index contributed by atoms with van der Waals surface area (Å²) in [5.74, 6) is -0.0766. The zero-order valence-electron chi connectivity index (χ0n) is 15.7. The summed E-state index contributed by atoms with van der Waals surface area (Å²) in [5, 5.41) is 11.6. The van der Waals surface area contributed by atoms with E-state index in [0.717, 1.165) is 34.0 Å². The highest BCUT2D eigenvalue weighted by atomic mass is 16.1. The van der Waals surface area contributed by atoms with Crippen LogP contribution in [0.3, 0.4) is 0 Å². The Hall–Kier alpha value is -3.74. The number of aryl methyl sites for hydroxylation is 1. The largest absolute Gasteiger partial charge is 0.326 e. The molecule has 0 radical (unpaired) electrons. The van der Waals surface area contributed by atoms with Crippen LogP contribution in [0.4, 0.5) is 5.69 Å². The predicted molar refractivity (Wildman–Crippen MR) is 107 cm³/mol. The van der Waals surface area contributed by atoms with Crippen LogP contribution in [0.15, 0.2) is 67.3 Å². The Labute approximate surface area is 162 Å². The average Bonchev–Trinajstić information content (AvgIpc) is 3.34. The van der Waals surface area contributed by atoms with Gasteiger partial charge in [0.2, 0.25) is 5.91 Å². The summed E-state index contributed by atoms with van der Waals surface area (Å²) >= 11 is 0. The van der Waals surface area contributed by atoms with Crippen molar-refractivity contribution in [2.45, 2.75) is 20.3 Å². The molecule has 1 amide bonds. The molecular formula is C21H20N6O. The van der Waals surface area contributed by atoms with Gasteiger partial charge in [0.05, 0.1) is 23.5 Å². The number of amides is 1. The molecule has 0 bridgehead atoms. The highest BCUT2D eigenvalue weighted by Crippen LogP contribution is 2.19. The zero-order valence-corrected chi connectivity index (χ0v) is 15.7. The number of aromatic nitrogens is 5. The van der Waals surface area contributed by atoms with Crippen LogP contribution in [0.5, 0.6) is 0 Å². The Morgan fingerprint density at radius 1 is 1.00 bits per heavy atom. The maximum Gasteiger partial charge on any atom is 0.228 e. The van der Waals surface area contributed by atoms with E-state index >= 15 is 0 Å². The second-order valence-electron chi connectivity index (χ2n) is 6.51. The minimum Gasteiger partial charge on any atom is -0.326 e. The van der Waals surface area contributed by atoms with Crippen LogP contribution in [-0.2, 0) is 11.2 Å². The van der Waals surface area contributed by atoms with Crippen molar-refractivity contribution in [1.29, 1.82) is 0 Å². The van der Waals surface area contributed by atoms with Gasteiger partial charge in [-0.15, -0.1) is 0 Å². The van der Waals surface area contributed by atoms with E-state index < -0.39 is 0 Å². The van der Waals surface area contributed by atoms with Gasteiger partial charge in [-0.3, -0.25) is 4.79 Å². The maximum atomic E-state index is 12.6. The van der Waals surface area contributed by atoms with E-state index in [4.69, 9.17) is 0 Å². The average molecular weight is 372 g/mol. The molecule has 0 aliphatic heterocycles. The molecule has 28 heavy (non-hydrogen) atoms. The molecule has 0 atom stereocenters. The van der Waals surface area contributed by atoms with Gasteiger partial charge in [0, 0.05) is 16.9 Å². The van der Waals surface area contributed by atoms with E-state index in [9.17, 15) is 4.79 Å². The number of carbonyl (C=O) groups is 1. The van der Waals surface area contributed by atoms with Crippen molar-refractivity contribution in [3.8, 4) is 11.4 Å². The third-order valence-corrected chi connectivity index (χ3v) is 4.61. The summed E-state index contributed by atoms with van der Waals surface area (Å²) in [6.07, 6.45) is 3.38. The van der Waals surface area contributed by atoms with Gasteiger partial charge in [0.25, 0.3) is 0 Å². The zero-order chi connectivity index (χ0) is 19.5.